The van der Waals surface area contributed by atoms with Gasteiger partial charge in [0.25, 0.3) is 0 Å². The number of nitrogens with one attached hydrogen (secondary N) is 1. The van der Waals surface area contributed by atoms with Crippen molar-refractivity contribution in [1.82, 2.24) is 25.0 Å². The number of aromatic nitrogens is 4. The van der Waals surface area contributed by atoms with Crippen molar-refractivity contribution < 1.29 is 14.0 Å². The highest BCUT2D eigenvalue weighted by Gasteiger charge is 2.17. The summed E-state index contributed by atoms with van der Waals surface area (Å²) in [6.07, 6.45) is 0. The zero-order chi connectivity index (χ0) is 18.2. The van der Waals surface area contributed by atoms with Gasteiger partial charge in [-0.2, -0.15) is 4.98 Å². The van der Waals surface area contributed by atoms with Crippen LogP contribution in [0.2, 0.25) is 0 Å². The van der Waals surface area contributed by atoms with E-state index in [9.17, 15) is 0 Å². The van der Waals surface area contributed by atoms with Crippen molar-refractivity contribution in [2.24, 2.45) is 0 Å². The summed E-state index contributed by atoms with van der Waals surface area (Å²) >= 11 is 0. The number of nitrogens with zero attached hydrogens (tertiary/aromatic N) is 4. The number of hydrogen-bond donors (Lipinski definition) is 1. The Balaban J connectivity index is 1.28. The van der Waals surface area contributed by atoms with Crippen molar-refractivity contribution in [2.75, 3.05) is 13.8 Å². The number of para-hydroxylation sites is 2. The number of rotatable bonds is 5. The summed E-state index contributed by atoms with van der Waals surface area (Å²) in [5, 5.41) is 4.07. The van der Waals surface area contributed by atoms with Crippen molar-refractivity contribution in [3.8, 4) is 22.9 Å². The van der Waals surface area contributed by atoms with Gasteiger partial charge in [-0.05, 0) is 37.4 Å². The molecule has 0 spiro atoms. The van der Waals surface area contributed by atoms with E-state index >= 15 is 0 Å². The minimum atomic E-state index is 0.239. The molecule has 1 aliphatic rings. The van der Waals surface area contributed by atoms with Crippen molar-refractivity contribution in [3.05, 3.63) is 54.2 Å². The van der Waals surface area contributed by atoms with Gasteiger partial charge >= 0.3 is 0 Å². The van der Waals surface area contributed by atoms with Gasteiger partial charge in [0.2, 0.25) is 18.5 Å². The molecule has 0 radical (unpaired) electrons. The molecule has 5 rings (SSSR count). The van der Waals surface area contributed by atoms with E-state index in [4.69, 9.17) is 14.0 Å². The third-order valence-corrected chi connectivity index (χ3v) is 4.36. The van der Waals surface area contributed by atoms with E-state index in [2.05, 4.69) is 25.0 Å². The molecule has 136 valence electrons. The van der Waals surface area contributed by atoms with E-state index in [0.717, 1.165) is 28.2 Å². The molecule has 1 aliphatic heterocycles. The first-order valence-electron chi connectivity index (χ1n) is 8.59. The van der Waals surface area contributed by atoms with E-state index in [1.54, 1.807) is 0 Å². The second-order valence-electron chi connectivity index (χ2n) is 6.45. The number of hydrogen-bond acceptors (Lipinski definition) is 7. The molecular formula is C19H17N5O3. The van der Waals surface area contributed by atoms with E-state index in [1.807, 2.05) is 49.5 Å². The van der Waals surface area contributed by atoms with Crippen LogP contribution in [0.3, 0.4) is 0 Å². The van der Waals surface area contributed by atoms with Crippen LogP contribution in [0, 0.1) is 0 Å². The first-order chi connectivity index (χ1) is 13.2. The Kier molecular flexibility index (Phi) is 3.75. The quantitative estimate of drug-likeness (QED) is 0.583. The molecule has 0 unspecified atom stereocenters. The number of aromatic amines is 1. The fourth-order valence-corrected chi connectivity index (χ4v) is 3.09. The molecule has 0 amide bonds. The first kappa shape index (κ1) is 15.8. The third kappa shape index (κ3) is 3.11. The Hall–Kier alpha value is -3.39. The topological polar surface area (TPSA) is 89.3 Å². The number of imidazole rings is 1. The van der Waals surface area contributed by atoms with E-state index in [0.29, 0.717) is 30.6 Å². The molecule has 8 nitrogen and oxygen atoms in total. The molecule has 27 heavy (non-hydrogen) atoms. The second kappa shape index (κ2) is 6.40. The summed E-state index contributed by atoms with van der Waals surface area (Å²) in [5.41, 5.74) is 2.82. The molecule has 3 heterocycles. The van der Waals surface area contributed by atoms with Gasteiger partial charge in [0.15, 0.2) is 11.5 Å². The van der Waals surface area contributed by atoms with Crippen LogP contribution in [0.25, 0.3) is 22.4 Å². The maximum atomic E-state index is 5.40. The van der Waals surface area contributed by atoms with E-state index in [-0.39, 0.29) is 6.79 Å². The highest BCUT2D eigenvalue weighted by molar-refractivity contribution is 5.74. The SMILES string of the molecule is CN(Cc1nc2ccccc2[nH]1)Cc1nc(-c2ccc3c(c2)OCO3)no1. The monoisotopic (exact) mass is 363 g/mol. The van der Waals surface area contributed by atoms with Gasteiger partial charge < -0.3 is 19.0 Å². The Bertz CT molecular complexity index is 1070. The van der Waals surface area contributed by atoms with Crippen molar-refractivity contribution in [1.29, 1.82) is 0 Å². The maximum absolute atomic E-state index is 5.40. The molecule has 8 heteroatoms. The summed E-state index contributed by atoms with van der Waals surface area (Å²) < 4.78 is 16.1. The fraction of sp³-hybridized carbons (Fsp3) is 0.211. The molecule has 0 atom stereocenters. The highest BCUT2D eigenvalue weighted by atomic mass is 16.7. The lowest BCUT2D eigenvalue weighted by Gasteiger charge is -2.11. The Morgan fingerprint density at radius 3 is 2.85 bits per heavy atom. The minimum absolute atomic E-state index is 0.239. The molecule has 0 saturated carbocycles. The van der Waals surface area contributed by atoms with Crippen LogP contribution in [0.1, 0.15) is 11.7 Å². The van der Waals surface area contributed by atoms with Gasteiger partial charge in [-0.3, -0.25) is 4.90 Å². The standard InChI is InChI=1S/C19H17N5O3/c1-24(9-17-20-13-4-2-3-5-14(13)21-17)10-18-22-19(23-27-18)12-6-7-15-16(8-12)26-11-25-15/h2-8H,9-11H2,1H3,(H,20,21). The average molecular weight is 363 g/mol. The van der Waals surface area contributed by atoms with Crippen molar-refractivity contribution in [3.63, 3.8) is 0 Å². The van der Waals surface area contributed by atoms with Crippen LogP contribution in [0.4, 0.5) is 0 Å². The fourth-order valence-electron chi connectivity index (χ4n) is 3.09. The molecule has 0 fully saturated rings. The number of H-pyrrole nitrogens is 1. The Morgan fingerprint density at radius 2 is 1.93 bits per heavy atom. The average Bonchev–Trinajstić information content (AvgIpc) is 3.39. The number of benzene rings is 2. The van der Waals surface area contributed by atoms with Crippen LogP contribution >= 0.6 is 0 Å². The number of ether oxygens (including phenoxy) is 2. The molecule has 1 N–H and O–H groups in total. The summed E-state index contributed by atoms with van der Waals surface area (Å²) in [6, 6.07) is 13.6. The third-order valence-electron chi connectivity index (χ3n) is 4.36. The van der Waals surface area contributed by atoms with Crippen LogP contribution in [0.15, 0.2) is 47.0 Å². The van der Waals surface area contributed by atoms with Gasteiger partial charge in [-0.25, -0.2) is 4.98 Å². The predicted octanol–water partition coefficient (Wildman–Crippen LogP) is 2.97. The molecule has 4 aromatic rings. The zero-order valence-electron chi connectivity index (χ0n) is 14.7. The molecule has 0 aliphatic carbocycles. The lowest BCUT2D eigenvalue weighted by Crippen LogP contribution is -2.18. The second-order valence-corrected chi connectivity index (χ2v) is 6.45. The van der Waals surface area contributed by atoms with Crippen LogP contribution < -0.4 is 9.47 Å². The minimum Gasteiger partial charge on any atom is -0.454 e. The Labute approximate surface area is 154 Å². The molecule has 2 aromatic carbocycles. The molecule has 0 bridgehead atoms. The lowest BCUT2D eigenvalue weighted by molar-refractivity contribution is 0.174. The Morgan fingerprint density at radius 1 is 1.04 bits per heavy atom. The van der Waals surface area contributed by atoms with E-state index < -0.39 is 0 Å². The smallest absolute Gasteiger partial charge is 0.241 e. The highest BCUT2D eigenvalue weighted by Crippen LogP contribution is 2.35. The normalized spacial score (nSPS) is 13.0. The summed E-state index contributed by atoms with van der Waals surface area (Å²) in [6.45, 7) is 1.41. The molecular weight excluding hydrogens is 346 g/mol. The predicted molar refractivity (Wildman–Crippen MR) is 97.1 cm³/mol. The van der Waals surface area contributed by atoms with Gasteiger partial charge in [0.05, 0.1) is 24.1 Å². The van der Waals surface area contributed by atoms with Gasteiger partial charge in [-0.15, -0.1) is 0 Å². The largest absolute Gasteiger partial charge is 0.454 e. The zero-order valence-corrected chi connectivity index (χ0v) is 14.7. The maximum Gasteiger partial charge on any atom is 0.241 e. The van der Waals surface area contributed by atoms with Gasteiger partial charge in [0.1, 0.15) is 5.82 Å². The number of fused-ring (bicyclic) bond motifs is 2. The van der Waals surface area contributed by atoms with Gasteiger partial charge in [0, 0.05) is 5.56 Å². The van der Waals surface area contributed by atoms with Crippen LogP contribution in [0.5, 0.6) is 11.5 Å². The summed E-state index contributed by atoms with van der Waals surface area (Å²) in [4.78, 5) is 14.5. The van der Waals surface area contributed by atoms with Crippen LogP contribution in [-0.4, -0.2) is 38.8 Å². The van der Waals surface area contributed by atoms with Gasteiger partial charge in [-0.1, -0.05) is 17.3 Å². The lowest BCUT2D eigenvalue weighted by atomic mass is 10.2. The van der Waals surface area contributed by atoms with Crippen molar-refractivity contribution >= 4 is 11.0 Å². The first-order valence-corrected chi connectivity index (χ1v) is 8.59. The molecule has 0 saturated heterocycles. The summed E-state index contributed by atoms with van der Waals surface area (Å²) in [7, 11) is 1.98. The summed E-state index contributed by atoms with van der Waals surface area (Å²) in [5.74, 6) is 3.39. The van der Waals surface area contributed by atoms with E-state index in [1.165, 1.54) is 0 Å². The van der Waals surface area contributed by atoms with Crippen LogP contribution in [-0.2, 0) is 13.1 Å². The van der Waals surface area contributed by atoms with Crippen molar-refractivity contribution in [2.45, 2.75) is 13.1 Å². The molecule has 2 aromatic heterocycles.